The average Bonchev–Trinajstić information content (AvgIpc) is 2.48. The first kappa shape index (κ1) is 14.2. The van der Waals surface area contributed by atoms with E-state index in [1.54, 1.807) is 13.1 Å². The lowest BCUT2D eigenvalue weighted by molar-refractivity contribution is -0.122. The fourth-order valence-electron chi connectivity index (χ4n) is 1.95. The van der Waals surface area contributed by atoms with Crippen molar-refractivity contribution in [1.82, 2.24) is 10.3 Å². The molecule has 1 aromatic heterocycles. The van der Waals surface area contributed by atoms with E-state index in [-0.39, 0.29) is 11.9 Å². The normalized spacial score (nSPS) is 13.6. The van der Waals surface area contributed by atoms with Crippen LogP contribution in [0.25, 0.3) is 11.1 Å². The van der Waals surface area contributed by atoms with Crippen LogP contribution in [0.2, 0.25) is 0 Å². The molecule has 4 heteroatoms. The van der Waals surface area contributed by atoms with E-state index in [1.165, 1.54) is 0 Å². The number of nitrogens with two attached hydrogens (primary N) is 1. The summed E-state index contributed by atoms with van der Waals surface area (Å²) in [6.45, 7) is 3.62. The van der Waals surface area contributed by atoms with Crippen molar-refractivity contribution in [3.05, 3.63) is 54.4 Å². The minimum absolute atomic E-state index is 0.0786. The van der Waals surface area contributed by atoms with Crippen LogP contribution in [0, 0.1) is 0 Å². The molecule has 0 saturated heterocycles. The van der Waals surface area contributed by atoms with Crippen molar-refractivity contribution in [1.29, 1.82) is 0 Å². The molecule has 1 amide bonds. The summed E-state index contributed by atoms with van der Waals surface area (Å²) in [6, 6.07) is 11.4. The van der Waals surface area contributed by atoms with Crippen molar-refractivity contribution in [3.63, 3.8) is 0 Å². The highest BCUT2D eigenvalue weighted by Crippen LogP contribution is 2.22. The standard InChI is InChI=1S/C16H19N3O/c1-11(17)16(20)19-12(2)13-5-3-6-14(9-13)15-7-4-8-18-10-15/h3-12H,17H2,1-2H3,(H,19,20)/t11?,12-/m0/s1. The molecule has 0 fully saturated rings. The Balaban J connectivity index is 2.20. The number of hydrogen-bond donors (Lipinski definition) is 2. The molecule has 1 heterocycles. The van der Waals surface area contributed by atoms with Gasteiger partial charge in [-0.15, -0.1) is 0 Å². The summed E-state index contributed by atoms with van der Waals surface area (Å²) in [6.07, 6.45) is 3.57. The van der Waals surface area contributed by atoms with Gasteiger partial charge in [0.25, 0.3) is 0 Å². The zero-order valence-corrected chi connectivity index (χ0v) is 11.7. The quantitative estimate of drug-likeness (QED) is 0.894. The van der Waals surface area contributed by atoms with Crippen LogP contribution in [0.4, 0.5) is 0 Å². The third-order valence-corrected chi connectivity index (χ3v) is 3.15. The fraction of sp³-hybridized carbons (Fsp3) is 0.250. The summed E-state index contributed by atoms with van der Waals surface area (Å²) in [5.74, 6) is -0.149. The largest absolute Gasteiger partial charge is 0.348 e. The molecule has 0 radical (unpaired) electrons. The molecule has 0 aliphatic carbocycles. The number of benzene rings is 1. The number of rotatable bonds is 4. The van der Waals surface area contributed by atoms with Crippen LogP contribution in [-0.4, -0.2) is 16.9 Å². The van der Waals surface area contributed by atoms with Crippen molar-refractivity contribution in [2.45, 2.75) is 25.9 Å². The maximum atomic E-state index is 11.6. The van der Waals surface area contributed by atoms with E-state index in [4.69, 9.17) is 5.73 Å². The number of nitrogens with one attached hydrogen (secondary N) is 1. The number of amides is 1. The molecule has 2 atom stereocenters. The predicted octanol–water partition coefficient (Wildman–Crippen LogP) is 2.27. The second kappa shape index (κ2) is 6.30. The Morgan fingerprint density at radius 3 is 2.60 bits per heavy atom. The Bertz CT molecular complexity index is 581. The molecule has 0 bridgehead atoms. The number of carbonyl (C=O) groups excluding carboxylic acids is 1. The van der Waals surface area contributed by atoms with Crippen LogP contribution in [0.15, 0.2) is 48.8 Å². The smallest absolute Gasteiger partial charge is 0.237 e. The van der Waals surface area contributed by atoms with Crippen LogP contribution < -0.4 is 11.1 Å². The zero-order chi connectivity index (χ0) is 14.5. The molecular formula is C16H19N3O. The minimum atomic E-state index is -0.501. The zero-order valence-electron chi connectivity index (χ0n) is 11.7. The van der Waals surface area contributed by atoms with Crippen molar-refractivity contribution < 1.29 is 4.79 Å². The molecule has 0 aliphatic rings. The lowest BCUT2D eigenvalue weighted by Crippen LogP contribution is -2.39. The van der Waals surface area contributed by atoms with Crippen LogP contribution in [0.3, 0.4) is 0 Å². The Hall–Kier alpha value is -2.20. The number of pyridine rings is 1. The summed E-state index contributed by atoms with van der Waals surface area (Å²) < 4.78 is 0. The lowest BCUT2D eigenvalue weighted by atomic mass is 10.0. The predicted molar refractivity (Wildman–Crippen MR) is 79.9 cm³/mol. The van der Waals surface area contributed by atoms with Crippen LogP contribution in [0.5, 0.6) is 0 Å². The van der Waals surface area contributed by atoms with Gasteiger partial charge in [-0.05, 0) is 42.7 Å². The SMILES string of the molecule is CC(N)C(=O)N[C@@H](C)c1cccc(-c2cccnc2)c1. The van der Waals surface area contributed by atoms with E-state index in [1.807, 2.05) is 43.5 Å². The van der Waals surface area contributed by atoms with E-state index in [0.717, 1.165) is 16.7 Å². The third kappa shape index (κ3) is 3.42. The van der Waals surface area contributed by atoms with Gasteiger partial charge in [0.05, 0.1) is 12.1 Å². The minimum Gasteiger partial charge on any atom is -0.348 e. The molecule has 20 heavy (non-hydrogen) atoms. The monoisotopic (exact) mass is 269 g/mol. The van der Waals surface area contributed by atoms with E-state index < -0.39 is 6.04 Å². The van der Waals surface area contributed by atoms with Crippen molar-refractivity contribution in [3.8, 4) is 11.1 Å². The van der Waals surface area contributed by atoms with E-state index in [9.17, 15) is 4.79 Å². The Morgan fingerprint density at radius 2 is 1.95 bits per heavy atom. The fourth-order valence-corrected chi connectivity index (χ4v) is 1.95. The molecule has 0 spiro atoms. The maximum absolute atomic E-state index is 11.6. The van der Waals surface area contributed by atoms with Crippen LogP contribution in [0.1, 0.15) is 25.5 Å². The average molecular weight is 269 g/mol. The van der Waals surface area contributed by atoms with Crippen molar-refractivity contribution in [2.75, 3.05) is 0 Å². The topological polar surface area (TPSA) is 68.0 Å². The van der Waals surface area contributed by atoms with E-state index in [0.29, 0.717) is 0 Å². The highest BCUT2D eigenvalue weighted by atomic mass is 16.2. The second-order valence-electron chi connectivity index (χ2n) is 4.89. The van der Waals surface area contributed by atoms with Crippen LogP contribution in [-0.2, 0) is 4.79 Å². The first-order valence-corrected chi connectivity index (χ1v) is 6.64. The van der Waals surface area contributed by atoms with Gasteiger partial charge in [0, 0.05) is 12.4 Å². The van der Waals surface area contributed by atoms with E-state index in [2.05, 4.69) is 16.4 Å². The van der Waals surface area contributed by atoms with Crippen molar-refractivity contribution >= 4 is 5.91 Å². The molecular weight excluding hydrogens is 250 g/mol. The van der Waals surface area contributed by atoms with Gasteiger partial charge in [-0.3, -0.25) is 9.78 Å². The molecule has 4 nitrogen and oxygen atoms in total. The summed E-state index contributed by atoms with van der Waals surface area (Å²) in [5, 5.41) is 2.89. The number of aromatic nitrogens is 1. The van der Waals surface area contributed by atoms with Gasteiger partial charge in [-0.1, -0.05) is 24.3 Å². The molecule has 0 saturated carbocycles. The molecule has 2 aromatic rings. The summed E-state index contributed by atoms with van der Waals surface area (Å²) in [4.78, 5) is 15.8. The first-order valence-electron chi connectivity index (χ1n) is 6.64. The van der Waals surface area contributed by atoms with Gasteiger partial charge in [-0.2, -0.15) is 0 Å². The van der Waals surface area contributed by atoms with Gasteiger partial charge in [0.2, 0.25) is 5.91 Å². The van der Waals surface area contributed by atoms with Crippen LogP contribution >= 0.6 is 0 Å². The van der Waals surface area contributed by atoms with Gasteiger partial charge in [0.1, 0.15) is 0 Å². The summed E-state index contributed by atoms with van der Waals surface area (Å²) in [5.41, 5.74) is 8.74. The molecule has 2 rings (SSSR count). The second-order valence-corrected chi connectivity index (χ2v) is 4.89. The number of hydrogen-bond acceptors (Lipinski definition) is 3. The Morgan fingerprint density at radius 1 is 1.20 bits per heavy atom. The first-order chi connectivity index (χ1) is 9.58. The van der Waals surface area contributed by atoms with Crippen molar-refractivity contribution in [2.24, 2.45) is 5.73 Å². The van der Waals surface area contributed by atoms with Gasteiger partial charge >= 0.3 is 0 Å². The molecule has 0 aliphatic heterocycles. The number of nitrogens with zero attached hydrogens (tertiary/aromatic N) is 1. The molecule has 104 valence electrons. The van der Waals surface area contributed by atoms with Gasteiger partial charge in [-0.25, -0.2) is 0 Å². The summed E-state index contributed by atoms with van der Waals surface area (Å²) >= 11 is 0. The lowest BCUT2D eigenvalue weighted by Gasteiger charge is -2.16. The number of carbonyl (C=O) groups is 1. The van der Waals surface area contributed by atoms with Gasteiger partial charge in [0.15, 0.2) is 0 Å². The van der Waals surface area contributed by atoms with Gasteiger partial charge < -0.3 is 11.1 Å². The van der Waals surface area contributed by atoms with E-state index >= 15 is 0 Å². The Kier molecular flexibility index (Phi) is 4.48. The molecule has 1 aromatic carbocycles. The third-order valence-electron chi connectivity index (χ3n) is 3.15. The summed E-state index contributed by atoms with van der Waals surface area (Å²) in [7, 11) is 0. The highest BCUT2D eigenvalue weighted by Gasteiger charge is 2.13. The highest BCUT2D eigenvalue weighted by molar-refractivity contribution is 5.81. The maximum Gasteiger partial charge on any atom is 0.237 e. The molecule has 1 unspecified atom stereocenters. The molecule has 3 N–H and O–H groups in total. The Labute approximate surface area is 119 Å².